The molecule has 0 radical (unpaired) electrons. The first kappa shape index (κ1) is 13.7. The Hall–Kier alpha value is -1.41. The van der Waals surface area contributed by atoms with Crippen LogP contribution in [0.5, 0.6) is 0 Å². The Morgan fingerprint density at radius 3 is 2.53 bits per heavy atom. The monoisotopic (exact) mass is 260 g/mol. The van der Waals surface area contributed by atoms with Crippen molar-refractivity contribution in [1.82, 2.24) is 5.43 Å². The van der Waals surface area contributed by atoms with E-state index in [-0.39, 0.29) is 6.61 Å². The predicted octanol–water partition coefficient (Wildman–Crippen LogP) is 1.32. The van der Waals surface area contributed by atoms with E-state index in [1.807, 2.05) is 0 Å². The van der Waals surface area contributed by atoms with Crippen LogP contribution in [-0.2, 0) is 9.53 Å². The summed E-state index contributed by atoms with van der Waals surface area (Å²) in [6.07, 6.45) is -8.28. The Kier molecular flexibility index (Phi) is 3.89. The minimum Gasteiger partial charge on any atom is -0.461 e. The second-order valence-electron chi connectivity index (χ2n) is 3.23. The molecule has 0 saturated heterocycles. The molecule has 1 aliphatic rings. The van der Waals surface area contributed by atoms with Crippen molar-refractivity contribution in [2.45, 2.75) is 25.6 Å². The normalized spacial score (nSPS) is 24.5. The number of halogens is 5. The van der Waals surface area contributed by atoms with E-state index in [9.17, 15) is 26.7 Å². The fourth-order valence-corrected chi connectivity index (χ4v) is 1.40. The van der Waals surface area contributed by atoms with Crippen molar-refractivity contribution in [3.05, 3.63) is 0 Å². The largest absolute Gasteiger partial charge is 0.461 e. The first-order valence-corrected chi connectivity index (χ1v) is 4.64. The number of nitrogens with zero attached hydrogens (tertiary/aromatic N) is 1. The number of carbonyl (C=O) groups is 1. The number of hydrogen-bond donors (Lipinski definition) is 1. The molecule has 0 saturated carbocycles. The van der Waals surface area contributed by atoms with Gasteiger partial charge in [0.05, 0.1) is 6.61 Å². The molecule has 0 aromatic rings. The summed E-state index contributed by atoms with van der Waals surface area (Å²) < 4.78 is 66.7. The molecule has 1 heterocycles. The minimum atomic E-state index is -4.99. The van der Waals surface area contributed by atoms with Crippen LogP contribution in [0.25, 0.3) is 0 Å². The minimum absolute atomic E-state index is 0.165. The molecule has 0 aromatic heterocycles. The van der Waals surface area contributed by atoms with E-state index in [0.717, 1.165) is 0 Å². The summed E-state index contributed by atoms with van der Waals surface area (Å²) in [5, 5.41) is 3.00. The van der Waals surface area contributed by atoms with Gasteiger partial charge in [-0.15, -0.1) is 0 Å². The summed E-state index contributed by atoms with van der Waals surface area (Å²) in [6.45, 7) is 1.22. The molecule has 2 unspecified atom stereocenters. The maximum atomic E-state index is 12.6. The summed E-state index contributed by atoms with van der Waals surface area (Å²) in [5.74, 6) is -3.99. The zero-order valence-electron chi connectivity index (χ0n) is 8.59. The van der Waals surface area contributed by atoms with Gasteiger partial charge < -0.3 is 4.74 Å². The molecule has 9 heteroatoms. The van der Waals surface area contributed by atoms with Crippen LogP contribution in [-0.4, -0.2) is 36.9 Å². The van der Waals surface area contributed by atoms with Gasteiger partial charge in [-0.3, -0.25) is 5.43 Å². The number of rotatable bonds is 3. The standard InChI is InChI=1S/C8H9F5N2O2/c1-2-17-7(16)5-3(8(11,12)13)4(6(9)10)14-15-5/h3-4,6,14H,2H2,1H3. The van der Waals surface area contributed by atoms with Gasteiger partial charge in [-0.1, -0.05) is 0 Å². The third-order valence-corrected chi connectivity index (χ3v) is 2.10. The zero-order valence-corrected chi connectivity index (χ0v) is 8.59. The zero-order chi connectivity index (χ0) is 13.2. The van der Waals surface area contributed by atoms with Crippen LogP contribution in [0.1, 0.15) is 6.92 Å². The van der Waals surface area contributed by atoms with E-state index in [1.165, 1.54) is 6.92 Å². The third kappa shape index (κ3) is 2.83. The Morgan fingerprint density at radius 2 is 2.12 bits per heavy atom. The topological polar surface area (TPSA) is 50.7 Å². The molecule has 2 atom stereocenters. The molecule has 0 spiro atoms. The van der Waals surface area contributed by atoms with Crippen LogP contribution >= 0.6 is 0 Å². The van der Waals surface area contributed by atoms with Crippen LogP contribution in [0.4, 0.5) is 22.0 Å². The van der Waals surface area contributed by atoms with E-state index in [1.54, 1.807) is 5.43 Å². The molecule has 0 bridgehead atoms. The second-order valence-corrected chi connectivity index (χ2v) is 3.23. The molecular formula is C8H9F5N2O2. The van der Waals surface area contributed by atoms with Crippen LogP contribution in [0.2, 0.25) is 0 Å². The fraction of sp³-hybridized carbons (Fsp3) is 0.750. The van der Waals surface area contributed by atoms with Crippen LogP contribution in [0.15, 0.2) is 5.10 Å². The third-order valence-electron chi connectivity index (χ3n) is 2.10. The van der Waals surface area contributed by atoms with Crippen molar-refractivity contribution in [3.8, 4) is 0 Å². The van der Waals surface area contributed by atoms with Crippen molar-refractivity contribution < 1.29 is 31.5 Å². The van der Waals surface area contributed by atoms with Gasteiger partial charge in [0.1, 0.15) is 12.0 Å². The van der Waals surface area contributed by atoms with E-state index < -0.39 is 36.2 Å². The number of hydrazone groups is 1. The van der Waals surface area contributed by atoms with Gasteiger partial charge in [-0.2, -0.15) is 18.3 Å². The Bertz CT molecular complexity index is 328. The smallest absolute Gasteiger partial charge is 0.399 e. The average Bonchev–Trinajstić information content (AvgIpc) is 2.61. The average molecular weight is 260 g/mol. The predicted molar refractivity (Wildman–Crippen MR) is 46.5 cm³/mol. The number of ether oxygens (including phenoxy) is 1. The molecule has 0 aromatic carbocycles. The van der Waals surface area contributed by atoms with Crippen LogP contribution in [0.3, 0.4) is 0 Å². The van der Waals surface area contributed by atoms with Gasteiger partial charge in [0.2, 0.25) is 0 Å². The number of esters is 1. The summed E-state index contributed by atoms with van der Waals surface area (Å²) in [5.41, 5.74) is 0.554. The molecular weight excluding hydrogens is 251 g/mol. The number of nitrogens with one attached hydrogen (secondary N) is 1. The quantitative estimate of drug-likeness (QED) is 0.615. The molecule has 1 aliphatic heterocycles. The van der Waals surface area contributed by atoms with Crippen molar-refractivity contribution in [2.75, 3.05) is 6.61 Å². The summed E-state index contributed by atoms with van der Waals surface area (Å²) in [4.78, 5) is 11.1. The van der Waals surface area contributed by atoms with Gasteiger partial charge in [-0.25, -0.2) is 13.6 Å². The molecule has 98 valence electrons. The molecule has 1 rings (SSSR count). The number of alkyl halides is 5. The highest BCUT2D eigenvalue weighted by Gasteiger charge is 2.56. The molecule has 4 nitrogen and oxygen atoms in total. The molecule has 0 fully saturated rings. The molecule has 0 aliphatic carbocycles. The van der Waals surface area contributed by atoms with Gasteiger partial charge >= 0.3 is 12.1 Å². The van der Waals surface area contributed by atoms with E-state index in [2.05, 4.69) is 9.84 Å². The maximum absolute atomic E-state index is 12.6. The van der Waals surface area contributed by atoms with E-state index in [4.69, 9.17) is 0 Å². The van der Waals surface area contributed by atoms with Gasteiger partial charge in [0, 0.05) is 0 Å². The molecule has 1 N–H and O–H groups in total. The molecule has 0 amide bonds. The Morgan fingerprint density at radius 1 is 1.53 bits per heavy atom. The number of hydrogen-bond acceptors (Lipinski definition) is 4. The van der Waals surface area contributed by atoms with Crippen molar-refractivity contribution in [1.29, 1.82) is 0 Å². The highest BCUT2D eigenvalue weighted by molar-refractivity contribution is 6.38. The lowest BCUT2D eigenvalue weighted by Gasteiger charge is -2.21. The first-order chi connectivity index (χ1) is 7.79. The SMILES string of the molecule is CCOC(=O)C1=NNC(C(F)F)C1C(F)(F)F. The van der Waals surface area contributed by atoms with Crippen molar-refractivity contribution in [3.63, 3.8) is 0 Å². The van der Waals surface area contributed by atoms with Gasteiger partial charge in [0.15, 0.2) is 5.71 Å². The van der Waals surface area contributed by atoms with Crippen LogP contribution < -0.4 is 5.43 Å². The number of carbonyl (C=O) groups excluding carboxylic acids is 1. The fourth-order valence-electron chi connectivity index (χ4n) is 1.40. The molecule has 17 heavy (non-hydrogen) atoms. The van der Waals surface area contributed by atoms with E-state index >= 15 is 0 Å². The Balaban J connectivity index is 2.95. The van der Waals surface area contributed by atoms with Gasteiger partial charge in [-0.05, 0) is 6.92 Å². The maximum Gasteiger partial charge on any atom is 0.399 e. The van der Waals surface area contributed by atoms with Crippen molar-refractivity contribution in [2.24, 2.45) is 11.0 Å². The lowest BCUT2D eigenvalue weighted by atomic mass is 9.95. The summed E-state index contributed by atoms with van der Waals surface area (Å²) in [7, 11) is 0. The van der Waals surface area contributed by atoms with Crippen LogP contribution in [0, 0.1) is 5.92 Å². The lowest BCUT2D eigenvalue weighted by Crippen LogP contribution is -2.46. The summed E-state index contributed by atoms with van der Waals surface area (Å²) >= 11 is 0. The second kappa shape index (κ2) is 4.84. The van der Waals surface area contributed by atoms with Gasteiger partial charge in [0.25, 0.3) is 6.43 Å². The summed E-state index contributed by atoms with van der Waals surface area (Å²) in [6, 6.07) is -2.26. The Labute approximate surface area is 92.8 Å². The van der Waals surface area contributed by atoms with E-state index in [0.29, 0.717) is 0 Å². The lowest BCUT2D eigenvalue weighted by molar-refractivity contribution is -0.171. The highest BCUT2D eigenvalue weighted by Crippen LogP contribution is 2.35. The first-order valence-electron chi connectivity index (χ1n) is 4.64. The highest BCUT2D eigenvalue weighted by atomic mass is 19.4. The van der Waals surface area contributed by atoms with Crippen molar-refractivity contribution >= 4 is 11.7 Å².